The smallest absolute Gasteiger partial charge is 0.255 e. The van der Waals surface area contributed by atoms with Crippen LogP contribution in [-0.4, -0.2) is 11.8 Å². The van der Waals surface area contributed by atoms with Crippen molar-refractivity contribution in [2.75, 3.05) is 5.32 Å². The van der Waals surface area contributed by atoms with Crippen LogP contribution < -0.4 is 10.6 Å². The number of hydrogen-bond acceptors (Lipinski definition) is 2. The third-order valence-corrected chi connectivity index (χ3v) is 4.68. The average molecular weight is 408 g/mol. The normalized spacial score (nSPS) is 11.6. The third kappa shape index (κ3) is 5.73. The highest BCUT2D eigenvalue weighted by Crippen LogP contribution is 2.19. The fraction of sp³-hybridized carbons (Fsp3) is 0.167. The molecule has 3 aromatic rings. The molecule has 1 unspecified atom stereocenters. The Kier molecular flexibility index (Phi) is 6.91. The Morgan fingerprint density at radius 1 is 0.900 bits per heavy atom. The number of hydrogen-bond donors (Lipinski definition) is 2. The minimum absolute atomic E-state index is 0.153. The van der Waals surface area contributed by atoms with Gasteiger partial charge in [-0.2, -0.15) is 0 Å². The monoisotopic (exact) mass is 408 g/mol. The highest BCUT2D eigenvalue weighted by molar-refractivity contribution is 6.04. The van der Waals surface area contributed by atoms with Gasteiger partial charge in [-0.1, -0.05) is 36.4 Å². The first-order valence-corrected chi connectivity index (χ1v) is 9.62. The van der Waals surface area contributed by atoms with Crippen LogP contribution in [0.4, 0.5) is 14.5 Å². The van der Waals surface area contributed by atoms with Crippen LogP contribution >= 0.6 is 0 Å². The van der Waals surface area contributed by atoms with E-state index in [1.54, 1.807) is 42.5 Å². The molecular formula is C24H22F2N2O2. The Bertz CT molecular complexity index is 1040. The minimum atomic E-state index is -0.921. The van der Waals surface area contributed by atoms with E-state index >= 15 is 0 Å². The lowest BCUT2D eigenvalue weighted by molar-refractivity contribution is -0.121. The molecule has 6 heteroatoms. The number of nitrogens with one attached hydrogen (secondary N) is 2. The number of amides is 2. The number of benzene rings is 3. The zero-order valence-electron chi connectivity index (χ0n) is 16.5. The van der Waals surface area contributed by atoms with E-state index in [2.05, 4.69) is 10.6 Å². The quantitative estimate of drug-likeness (QED) is 0.576. The second-order valence-electron chi connectivity index (χ2n) is 6.98. The molecule has 1 atom stereocenters. The molecule has 0 aliphatic carbocycles. The number of carbonyl (C=O) groups is 2. The minimum Gasteiger partial charge on any atom is -0.350 e. The first-order valence-electron chi connectivity index (χ1n) is 9.62. The van der Waals surface area contributed by atoms with Crippen molar-refractivity contribution in [3.63, 3.8) is 0 Å². The van der Waals surface area contributed by atoms with E-state index in [9.17, 15) is 18.4 Å². The molecule has 3 rings (SSSR count). The lowest BCUT2D eigenvalue weighted by Crippen LogP contribution is -2.27. The largest absolute Gasteiger partial charge is 0.350 e. The van der Waals surface area contributed by atoms with E-state index in [4.69, 9.17) is 0 Å². The first-order chi connectivity index (χ1) is 14.4. The molecule has 0 heterocycles. The number of rotatable bonds is 7. The van der Waals surface area contributed by atoms with Crippen molar-refractivity contribution in [2.45, 2.75) is 25.8 Å². The van der Waals surface area contributed by atoms with Crippen LogP contribution in [0, 0.1) is 11.6 Å². The van der Waals surface area contributed by atoms with E-state index in [0.717, 1.165) is 17.7 Å². The van der Waals surface area contributed by atoms with Crippen LogP contribution in [0.1, 0.15) is 40.9 Å². The summed E-state index contributed by atoms with van der Waals surface area (Å²) in [6.07, 6.45) is 0.461. The van der Waals surface area contributed by atoms with Crippen LogP contribution in [0.15, 0.2) is 72.8 Å². The molecule has 3 aromatic carbocycles. The molecule has 0 spiro atoms. The average Bonchev–Trinajstić information content (AvgIpc) is 2.75. The Morgan fingerprint density at radius 2 is 1.67 bits per heavy atom. The van der Waals surface area contributed by atoms with Crippen LogP contribution in [0.25, 0.3) is 0 Å². The van der Waals surface area contributed by atoms with Gasteiger partial charge in [0.15, 0.2) is 11.6 Å². The molecule has 0 saturated carbocycles. The van der Waals surface area contributed by atoms with E-state index in [-0.39, 0.29) is 24.3 Å². The van der Waals surface area contributed by atoms with Gasteiger partial charge in [0.05, 0.1) is 6.04 Å². The van der Waals surface area contributed by atoms with Gasteiger partial charge >= 0.3 is 0 Å². The van der Waals surface area contributed by atoms with Gasteiger partial charge in [0, 0.05) is 17.7 Å². The van der Waals surface area contributed by atoms with Gasteiger partial charge in [0.1, 0.15) is 0 Å². The molecule has 4 nitrogen and oxygen atoms in total. The van der Waals surface area contributed by atoms with Crippen molar-refractivity contribution < 1.29 is 18.4 Å². The fourth-order valence-electron chi connectivity index (χ4n) is 3.03. The molecule has 30 heavy (non-hydrogen) atoms. The molecular weight excluding hydrogens is 386 g/mol. The number of aryl methyl sites for hydroxylation is 1. The summed E-state index contributed by atoms with van der Waals surface area (Å²) in [7, 11) is 0. The lowest BCUT2D eigenvalue weighted by atomic mass is 10.1. The molecule has 0 aliphatic rings. The molecule has 0 bridgehead atoms. The van der Waals surface area contributed by atoms with Crippen molar-refractivity contribution in [2.24, 2.45) is 0 Å². The summed E-state index contributed by atoms with van der Waals surface area (Å²) in [6.45, 7) is 1.84. The number of halogens is 2. The molecule has 0 fully saturated rings. The molecule has 0 aromatic heterocycles. The fourth-order valence-corrected chi connectivity index (χ4v) is 3.03. The van der Waals surface area contributed by atoms with Gasteiger partial charge in [0.2, 0.25) is 5.91 Å². The van der Waals surface area contributed by atoms with Crippen molar-refractivity contribution in [1.29, 1.82) is 0 Å². The van der Waals surface area contributed by atoms with Crippen LogP contribution in [-0.2, 0) is 11.2 Å². The van der Waals surface area contributed by atoms with Gasteiger partial charge < -0.3 is 10.6 Å². The first kappa shape index (κ1) is 21.2. The van der Waals surface area contributed by atoms with E-state index in [0.29, 0.717) is 23.2 Å². The second kappa shape index (κ2) is 9.78. The maximum absolute atomic E-state index is 13.3. The van der Waals surface area contributed by atoms with Crippen molar-refractivity contribution >= 4 is 17.5 Å². The second-order valence-corrected chi connectivity index (χ2v) is 6.98. The zero-order chi connectivity index (χ0) is 21.5. The van der Waals surface area contributed by atoms with Crippen LogP contribution in [0.2, 0.25) is 0 Å². The predicted molar refractivity (Wildman–Crippen MR) is 112 cm³/mol. The maximum atomic E-state index is 13.3. The van der Waals surface area contributed by atoms with Gasteiger partial charge in [-0.05, 0) is 60.9 Å². The van der Waals surface area contributed by atoms with Gasteiger partial charge in [-0.15, -0.1) is 0 Å². The summed E-state index contributed by atoms with van der Waals surface area (Å²) in [5.74, 6) is -2.24. The standard InChI is InChI=1S/C24H22F2N2O2/c1-16(27-23(29)13-11-17-10-12-21(25)22(26)14-17)19-8-5-9-20(15-19)28-24(30)18-6-3-2-4-7-18/h2-10,12,14-16H,11,13H2,1H3,(H,27,29)(H,28,30). The Balaban J connectivity index is 1.56. The number of carbonyl (C=O) groups excluding carboxylic acids is 2. The van der Waals surface area contributed by atoms with Gasteiger partial charge in [0.25, 0.3) is 5.91 Å². The Morgan fingerprint density at radius 3 is 2.40 bits per heavy atom. The van der Waals surface area contributed by atoms with E-state index in [1.807, 2.05) is 19.1 Å². The topological polar surface area (TPSA) is 58.2 Å². The zero-order valence-corrected chi connectivity index (χ0v) is 16.5. The van der Waals surface area contributed by atoms with E-state index < -0.39 is 11.6 Å². The highest BCUT2D eigenvalue weighted by atomic mass is 19.2. The molecule has 0 radical (unpaired) electrons. The summed E-state index contributed by atoms with van der Waals surface area (Å²) in [5, 5.41) is 5.73. The SMILES string of the molecule is CC(NC(=O)CCc1ccc(F)c(F)c1)c1cccc(NC(=O)c2ccccc2)c1. The van der Waals surface area contributed by atoms with Gasteiger partial charge in [-0.25, -0.2) is 8.78 Å². The van der Waals surface area contributed by atoms with Gasteiger partial charge in [-0.3, -0.25) is 9.59 Å². The van der Waals surface area contributed by atoms with Crippen LogP contribution in [0.5, 0.6) is 0 Å². The van der Waals surface area contributed by atoms with Crippen molar-refractivity contribution in [1.82, 2.24) is 5.32 Å². The predicted octanol–water partition coefficient (Wildman–Crippen LogP) is 5.03. The molecule has 2 amide bonds. The summed E-state index contributed by atoms with van der Waals surface area (Å²) in [5.41, 5.74) is 2.58. The van der Waals surface area contributed by atoms with Crippen LogP contribution in [0.3, 0.4) is 0 Å². The van der Waals surface area contributed by atoms with Crippen molar-refractivity contribution in [3.8, 4) is 0 Å². The number of anilines is 1. The lowest BCUT2D eigenvalue weighted by Gasteiger charge is -2.16. The summed E-state index contributed by atoms with van der Waals surface area (Å²) in [6, 6.07) is 19.5. The summed E-state index contributed by atoms with van der Waals surface area (Å²) >= 11 is 0. The Hall–Kier alpha value is -3.54. The molecule has 154 valence electrons. The molecule has 2 N–H and O–H groups in total. The third-order valence-electron chi connectivity index (χ3n) is 4.68. The molecule has 0 saturated heterocycles. The summed E-state index contributed by atoms with van der Waals surface area (Å²) in [4.78, 5) is 24.6. The Labute approximate surface area is 173 Å². The molecule has 0 aliphatic heterocycles. The maximum Gasteiger partial charge on any atom is 0.255 e. The van der Waals surface area contributed by atoms with E-state index in [1.165, 1.54) is 6.07 Å². The summed E-state index contributed by atoms with van der Waals surface area (Å²) < 4.78 is 26.3. The highest BCUT2D eigenvalue weighted by Gasteiger charge is 2.12. The van der Waals surface area contributed by atoms with Crippen molar-refractivity contribution in [3.05, 3.63) is 101 Å².